The third-order valence-electron chi connectivity index (χ3n) is 0.817. The number of rotatable bonds is 1. The lowest BCUT2D eigenvalue weighted by Crippen LogP contribution is -2.15. The van der Waals surface area contributed by atoms with Gasteiger partial charge in [-0.25, -0.2) is 4.99 Å². The molecule has 0 aliphatic heterocycles. The predicted molar refractivity (Wildman–Crippen MR) is 38.7 cm³/mol. The summed E-state index contributed by atoms with van der Waals surface area (Å²) in [7, 11) is 0. The van der Waals surface area contributed by atoms with Crippen molar-refractivity contribution >= 4 is 17.6 Å². The van der Waals surface area contributed by atoms with E-state index < -0.39 is 11.4 Å². The van der Waals surface area contributed by atoms with Gasteiger partial charge in [0.1, 0.15) is 6.00 Å². The first-order valence-electron chi connectivity index (χ1n) is 2.75. The van der Waals surface area contributed by atoms with Crippen LogP contribution < -0.4 is 0 Å². The number of hydrogen-bond acceptors (Lipinski definition) is 1. The van der Waals surface area contributed by atoms with Crippen LogP contribution in [0.2, 0.25) is 0 Å². The molecule has 0 heterocycles. The van der Waals surface area contributed by atoms with Crippen molar-refractivity contribution in [1.29, 1.82) is 0 Å². The van der Waals surface area contributed by atoms with E-state index in [1.54, 1.807) is 20.8 Å². The predicted octanol–water partition coefficient (Wildman–Crippen LogP) is 2.60. The molecular weight excluding hydrogens is 141 g/mol. The number of halogens is 2. The SMILES string of the molecule is CC(C)(C)/C(F)=N/CCl. The van der Waals surface area contributed by atoms with Crippen LogP contribution in [0.5, 0.6) is 0 Å². The fourth-order valence-electron chi connectivity index (χ4n) is 0.290. The highest BCUT2D eigenvalue weighted by molar-refractivity contribution is 6.18. The number of nitrogens with zero attached hydrogens (tertiary/aromatic N) is 1. The fourth-order valence-corrected chi connectivity index (χ4v) is 0.395. The molecule has 0 amide bonds. The monoisotopic (exact) mass is 151 g/mol. The highest BCUT2D eigenvalue weighted by Crippen LogP contribution is 2.16. The molecule has 0 saturated carbocycles. The zero-order valence-corrected chi connectivity index (χ0v) is 6.67. The van der Waals surface area contributed by atoms with Crippen molar-refractivity contribution in [2.24, 2.45) is 10.4 Å². The molecule has 0 spiro atoms. The van der Waals surface area contributed by atoms with E-state index in [0.29, 0.717) is 0 Å². The second kappa shape index (κ2) is 3.16. The molecule has 0 atom stereocenters. The van der Waals surface area contributed by atoms with Crippen LogP contribution in [0.1, 0.15) is 20.8 Å². The Bertz CT molecular complexity index is 115. The lowest BCUT2D eigenvalue weighted by Gasteiger charge is -2.12. The molecule has 0 saturated heterocycles. The van der Waals surface area contributed by atoms with E-state index in [0.717, 1.165) is 0 Å². The highest BCUT2D eigenvalue weighted by atomic mass is 35.5. The van der Waals surface area contributed by atoms with E-state index in [1.807, 2.05) is 0 Å². The molecule has 0 radical (unpaired) electrons. The summed E-state index contributed by atoms with van der Waals surface area (Å²) in [5, 5.41) is 0. The maximum Gasteiger partial charge on any atom is 0.191 e. The summed E-state index contributed by atoms with van der Waals surface area (Å²) >= 11 is 5.17. The molecule has 9 heavy (non-hydrogen) atoms. The summed E-state index contributed by atoms with van der Waals surface area (Å²) in [5.41, 5.74) is -0.491. The van der Waals surface area contributed by atoms with Gasteiger partial charge in [-0.1, -0.05) is 20.8 Å². The van der Waals surface area contributed by atoms with Crippen LogP contribution in [-0.4, -0.2) is 12.0 Å². The topological polar surface area (TPSA) is 12.4 Å². The first-order valence-corrected chi connectivity index (χ1v) is 3.28. The molecule has 0 unspecified atom stereocenters. The van der Waals surface area contributed by atoms with Crippen molar-refractivity contribution < 1.29 is 4.39 Å². The zero-order valence-electron chi connectivity index (χ0n) is 5.91. The van der Waals surface area contributed by atoms with Crippen molar-refractivity contribution in [3.63, 3.8) is 0 Å². The standard InChI is InChI=1S/C6H11ClFN/c1-6(2,3)5(8)9-4-7/h4H2,1-3H3/b9-5-. The second-order valence-corrected chi connectivity index (χ2v) is 3.06. The largest absolute Gasteiger partial charge is 0.245 e. The molecule has 0 aromatic heterocycles. The third kappa shape index (κ3) is 3.46. The van der Waals surface area contributed by atoms with Gasteiger partial charge in [0.15, 0.2) is 5.97 Å². The Labute approximate surface area is 59.9 Å². The highest BCUT2D eigenvalue weighted by Gasteiger charge is 2.17. The maximum absolute atomic E-state index is 12.6. The van der Waals surface area contributed by atoms with Gasteiger partial charge in [-0.3, -0.25) is 0 Å². The normalized spacial score (nSPS) is 14.1. The van der Waals surface area contributed by atoms with E-state index >= 15 is 0 Å². The molecule has 0 aliphatic carbocycles. The number of alkyl halides is 1. The first kappa shape index (κ1) is 8.89. The van der Waals surface area contributed by atoms with Gasteiger partial charge in [-0.2, -0.15) is 4.39 Å². The molecule has 0 aliphatic rings. The molecule has 0 rings (SSSR count). The lowest BCUT2D eigenvalue weighted by molar-refractivity contribution is 0.517. The van der Waals surface area contributed by atoms with Gasteiger partial charge in [0, 0.05) is 5.41 Å². The Kier molecular flexibility index (Phi) is 3.12. The van der Waals surface area contributed by atoms with E-state index in [9.17, 15) is 4.39 Å². The molecule has 54 valence electrons. The van der Waals surface area contributed by atoms with E-state index in [2.05, 4.69) is 4.99 Å². The third-order valence-corrected chi connectivity index (χ3v) is 0.937. The van der Waals surface area contributed by atoms with Gasteiger partial charge >= 0.3 is 0 Å². The average molecular weight is 152 g/mol. The van der Waals surface area contributed by atoms with Crippen LogP contribution in [0, 0.1) is 5.41 Å². The van der Waals surface area contributed by atoms with E-state index in [4.69, 9.17) is 11.6 Å². The number of aliphatic imine (C=N–C) groups is 1. The second-order valence-electron chi connectivity index (χ2n) is 2.82. The molecule has 0 bridgehead atoms. The Hall–Kier alpha value is -0.110. The molecule has 3 heteroatoms. The fraction of sp³-hybridized carbons (Fsp3) is 0.833. The molecule has 0 aromatic rings. The summed E-state index contributed by atoms with van der Waals surface area (Å²) in [6, 6.07) is 0.00308. The van der Waals surface area contributed by atoms with Gasteiger partial charge in [0.05, 0.1) is 0 Å². The van der Waals surface area contributed by atoms with Crippen molar-refractivity contribution in [2.45, 2.75) is 20.8 Å². The van der Waals surface area contributed by atoms with Gasteiger partial charge in [0.2, 0.25) is 0 Å². The summed E-state index contributed by atoms with van der Waals surface area (Å²) in [4.78, 5) is 3.41. The van der Waals surface area contributed by atoms with Crippen LogP contribution in [-0.2, 0) is 0 Å². The summed E-state index contributed by atoms with van der Waals surface area (Å²) in [5.74, 6) is -0.391. The first-order chi connectivity index (χ1) is 3.98. The van der Waals surface area contributed by atoms with Gasteiger partial charge in [0.25, 0.3) is 0 Å². The van der Waals surface area contributed by atoms with Crippen molar-refractivity contribution in [2.75, 3.05) is 6.00 Å². The Morgan fingerprint density at radius 2 is 2.00 bits per heavy atom. The van der Waals surface area contributed by atoms with Crippen LogP contribution >= 0.6 is 11.6 Å². The quantitative estimate of drug-likeness (QED) is 0.310. The van der Waals surface area contributed by atoms with Crippen LogP contribution in [0.25, 0.3) is 0 Å². The Morgan fingerprint density at radius 1 is 1.56 bits per heavy atom. The Morgan fingerprint density at radius 3 is 2.11 bits per heavy atom. The molecule has 0 N–H and O–H groups in total. The minimum absolute atomic E-state index is 0.00308. The maximum atomic E-state index is 12.6. The minimum Gasteiger partial charge on any atom is -0.245 e. The molecule has 0 fully saturated rings. The van der Waals surface area contributed by atoms with Crippen LogP contribution in [0.3, 0.4) is 0 Å². The zero-order chi connectivity index (χ0) is 7.49. The number of hydrogen-bond donors (Lipinski definition) is 0. The molecule has 1 nitrogen and oxygen atoms in total. The van der Waals surface area contributed by atoms with Crippen LogP contribution in [0.15, 0.2) is 4.99 Å². The van der Waals surface area contributed by atoms with E-state index in [1.165, 1.54) is 0 Å². The smallest absolute Gasteiger partial charge is 0.191 e. The van der Waals surface area contributed by atoms with Crippen LogP contribution in [0.4, 0.5) is 4.39 Å². The average Bonchev–Trinajstić information content (AvgIpc) is 1.64. The van der Waals surface area contributed by atoms with Gasteiger partial charge in [-0.05, 0) is 0 Å². The summed E-state index contributed by atoms with van der Waals surface area (Å²) < 4.78 is 12.6. The Balaban J connectivity index is 4.03. The molecule has 0 aromatic carbocycles. The lowest BCUT2D eigenvalue weighted by atomic mass is 9.98. The summed E-state index contributed by atoms with van der Waals surface area (Å²) in [6.07, 6.45) is 0. The van der Waals surface area contributed by atoms with Crippen molar-refractivity contribution in [3.05, 3.63) is 0 Å². The van der Waals surface area contributed by atoms with Gasteiger partial charge < -0.3 is 0 Å². The molecular formula is C6H11ClFN. The van der Waals surface area contributed by atoms with Gasteiger partial charge in [-0.15, -0.1) is 11.6 Å². The minimum atomic E-state index is -0.491. The van der Waals surface area contributed by atoms with Crippen molar-refractivity contribution in [3.8, 4) is 0 Å². The summed E-state index contributed by atoms with van der Waals surface area (Å²) in [6.45, 7) is 5.25. The van der Waals surface area contributed by atoms with E-state index in [-0.39, 0.29) is 6.00 Å². The van der Waals surface area contributed by atoms with Crippen molar-refractivity contribution in [1.82, 2.24) is 0 Å².